The Bertz CT molecular complexity index is 865. The molecule has 2 N–H and O–H groups in total. The van der Waals surface area contributed by atoms with Crippen LogP contribution < -0.4 is 10.6 Å². The third-order valence-electron chi connectivity index (χ3n) is 3.46. The minimum absolute atomic E-state index is 0.0254. The number of halogens is 3. The lowest BCUT2D eigenvalue weighted by atomic mass is 10.4. The minimum Gasteiger partial charge on any atom is -0.356 e. The number of hydrogen-bond donors (Lipinski definition) is 2. The predicted molar refractivity (Wildman–Crippen MR) is 98.4 cm³/mol. The van der Waals surface area contributed by atoms with Crippen molar-refractivity contribution >= 4 is 27.1 Å². The molecule has 0 bridgehead atoms. The van der Waals surface area contributed by atoms with Gasteiger partial charge in [0.2, 0.25) is 0 Å². The van der Waals surface area contributed by atoms with E-state index in [1.807, 2.05) is 0 Å². The molecule has 6 nitrogen and oxygen atoms in total. The van der Waals surface area contributed by atoms with Gasteiger partial charge in [-0.25, -0.2) is 13.4 Å². The lowest BCUT2D eigenvalue weighted by Gasteiger charge is -2.11. The summed E-state index contributed by atoms with van der Waals surface area (Å²) in [6.07, 6.45) is -4.10. The first kappa shape index (κ1) is 21.2. The maximum absolute atomic E-state index is 12.5. The third kappa shape index (κ3) is 6.51. The van der Waals surface area contributed by atoms with E-state index >= 15 is 0 Å². The Labute approximate surface area is 159 Å². The van der Waals surface area contributed by atoms with Crippen LogP contribution >= 0.6 is 11.3 Å². The van der Waals surface area contributed by atoms with Gasteiger partial charge in [-0.1, -0.05) is 18.2 Å². The zero-order valence-corrected chi connectivity index (χ0v) is 16.1. The zero-order chi connectivity index (χ0) is 19.9. The van der Waals surface area contributed by atoms with Crippen molar-refractivity contribution in [2.45, 2.75) is 24.0 Å². The van der Waals surface area contributed by atoms with E-state index in [-0.39, 0.29) is 22.2 Å². The van der Waals surface area contributed by atoms with Crippen LogP contribution in [0.1, 0.15) is 17.1 Å². The fraction of sp³-hybridized carbons (Fsp3) is 0.375. The largest absolute Gasteiger partial charge is 0.434 e. The molecule has 1 aromatic carbocycles. The standard InChI is InChI=1S/C16H19F3N4O2S2/c1-20-15(22-10-14-23-13(11-26-14)16(17,18)19)21-8-5-9-27(24,25)12-6-3-2-4-7-12/h2-4,6-7,11H,5,8-10H2,1H3,(H2,20,21,22). The van der Waals surface area contributed by atoms with Crippen molar-refractivity contribution in [1.82, 2.24) is 15.6 Å². The predicted octanol–water partition coefficient (Wildman–Crippen LogP) is 2.69. The molecule has 1 heterocycles. The summed E-state index contributed by atoms with van der Waals surface area (Å²) in [6.45, 7) is 0.431. The number of alkyl halides is 3. The van der Waals surface area contributed by atoms with Crippen LogP contribution in [0.4, 0.5) is 13.2 Å². The summed E-state index contributed by atoms with van der Waals surface area (Å²) < 4.78 is 61.9. The second-order valence-corrected chi connectivity index (χ2v) is 8.51. The van der Waals surface area contributed by atoms with Crippen LogP contribution in [-0.4, -0.2) is 38.7 Å². The quantitative estimate of drug-likeness (QED) is 0.409. The third-order valence-corrected chi connectivity index (χ3v) is 6.12. The molecule has 11 heteroatoms. The summed E-state index contributed by atoms with van der Waals surface area (Å²) in [4.78, 5) is 7.74. The highest BCUT2D eigenvalue weighted by Crippen LogP contribution is 2.29. The Morgan fingerprint density at radius 2 is 1.93 bits per heavy atom. The number of nitrogens with one attached hydrogen (secondary N) is 2. The second-order valence-electron chi connectivity index (χ2n) is 5.46. The molecule has 0 unspecified atom stereocenters. The molecule has 2 aromatic rings. The van der Waals surface area contributed by atoms with E-state index < -0.39 is 21.7 Å². The Kier molecular flexibility index (Phi) is 7.19. The molecular weight excluding hydrogens is 401 g/mol. The van der Waals surface area contributed by atoms with E-state index in [2.05, 4.69) is 20.6 Å². The minimum atomic E-state index is -4.46. The Morgan fingerprint density at radius 3 is 2.52 bits per heavy atom. The van der Waals surface area contributed by atoms with Crippen molar-refractivity contribution in [1.29, 1.82) is 0 Å². The Morgan fingerprint density at radius 1 is 1.22 bits per heavy atom. The molecular formula is C16H19F3N4O2S2. The Balaban J connectivity index is 1.77. The van der Waals surface area contributed by atoms with Gasteiger partial charge in [0.1, 0.15) is 5.01 Å². The number of guanidine groups is 1. The lowest BCUT2D eigenvalue weighted by molar-refractivity contribution is -0.140. The van der Waals surface area contributed by atoms with Crippen LogP contribution in [-0.2, 0) is 22.6 Å². The molecule has 27 heavy (non-hydrogen) atoms. The number of sulfone groups is 1. The van der Waals surface area contributed by atoms with Crippen LogP contribution in [0.15, 0.2) is 45.6 Å². The number of rotatable bonds is 7. The molecule has 0 fully saturated rings. The normalized spacial score (nSPS) is 12.8. The Hall–Kier alpha value is -2.14. The second kappa shape index (κ2) is 9.18. The molecule has 2 rings (SSSR count). The summed E-state index contributed by atoms with van der Waals surface area (Å²) in [7, 11) is -1.83. The number of benzene rings is 1. The summed E-state index contributed by atoms with van der Waals surface area (Å²) >= 11 is 0.903. The highest BCUT2D eigenvalue weighted by Gasteiger charge is 2.33. The van der Waals surface area contributed by atoms with E-state index in [0.717, 1.165) is 16.7 Å². The van der Waals surface area contributed by atoms with Crippen molar-refractivity contribution in [2.24, 2.45) is 4.99 Å². The van der Waals surface area contributed by atoms with Crippen LogP contribution in [0, 0.1) is 0 Å². The van der Waals surface area contributed by atoms with Crippen LogP contribution in [0.25, 0.3) is 0 Å². The molecule has 0 saturated heterocycles. The van der Waals surface area contributed by atoms with Gasteiger partial charge in [0.25, 0.3) is 0 Å². The van der Waals surface area contributed by atoms with Crippen LogP contribution in [0.3, 0.4) is 0 Å². The number of nitrogens with zero attached hydrogens (tertiary/aromatic N) is 2. The average Bonchev–Trinajstić information content (AvgIpc) is 3.11. The van der Waals surface area contributed by atoms with Crippen molar-refractivity contribution in [3.05, 3.63) is 46.4 Å². The maximum Gasteiger partial charge on any atom is 0.434 e. The van der Waals surface area contributed by atoms with Gasteiger partial charge >= 0.3 is 6.18 Å². The van der Waals surface area contributed by atoms with Crippen molar-refractivity contribution < 1.29 is 21.6 Å². The molecule has 0 aliphatic heterocycles. The van der Waals surface area contributed by atoms with E-state index in [1.165, 1.54) is 7.05 Å². The van der Waals surface area contributed by atoms with Gasteiger partial charge in [-0.05, 0) is 18.6 Å². The first-order valence-corrected chi connectivity index (χ1v) is 10.5. The van der Waals surface area contributed by atoms with Gasteiger partial charge in [0.15, 0.2) is 21.5 Å². The smallest absolute Gasteiger partial charge is 0.356 e. The molecule has 0 amide bonds. The first-order valence-electron chi connectivity index (χ1n) is 7.96. The summed E-state index contributed by atoms with van der Waals surface area (Å²) in [6, 6.07) is 8.18. The summed E-state index contributed by atoms with van der Waals surface area (Å²) in [5.41, 5.74) is -0.918. The molecule has 0 aliphatic carbocycles. The highest BCUT2D eigenvalue weighted by atomic mass is 32.2. The maximum atomic E-state index is 12.5. The van der Waals surface area contributed by atoms with E-state index in [4.69, 9.17) is 0 Å². The number of hydrogen-bond acceptors (Lipinski definition) is 5. The molecule has 148 valence electrons. The first-order chi connectivity index (χ1) is 12.7. The highest BCUT2D eigenvalue weighted by molar-refractivity contribution is 7.91. The monoisotopic (exact) mass is 420 g/mol. The zero-order valence-electron chi connectivity index (χ0n) is 14.5. The molecule has 0 radical (unpaired) electrons. The van der Waals surface area contributed by atoms with Gasteiger partial charge in [0.05, 0.1) is 17.2 Å². The molecule has 1 aromatic heterocycles. The summed E-state index contributed by atoms with van der Waals surface area (Å²) in [5.74, 6) is 0.332. The van der Waals surface area contributed by atoms with Crippen molar-refractivity contribution in [2.75, 3.05) is 19.3 Å². The molecule has 0 saturated carbocycles. The van der Waals surface area contributed by atoms with Gasteiger partial charge in [-0.2, -0.15) is 13.2 Å². The average molecular weight is 420 g/mol. The van der Waals surface area contributed by atoms with Crippen LogP contribution in [0.2, 0.25) is 0 Å². The van der Waals surface area contributed by atoms with Gasteiger partial charge in [-0.15, -0.1) is 11.3 Å². The molecule has 0 atom stereocenters. The van der Waals surface area contributed by atoms with Gasteiger partial charge in [0, 0.05) is 19.0 Å². The van der Waals surface area contributed by atoms with Crippen molar-refractivity contribution in [3.8, 4) is 0 Å². The van der Waals surface area contributed by atoms with E-state index in [9.17, 15) is 21.6 Å². The molecule has 0 spiro atoms. The summed E-state index contributed by atoms with van der Waals surface area (Å²) in [5, 5.41) is 7.01. The lowest BCUT2D eigenvalue weighted by Crippen LogP contribution is -2.37. The number of aliphatic imine (C=N–C) groups is 1. The van der Waals surface area contributed by atoms with Crippen molar-refractivity contribution in [3.63, 3.8) is 0 Å². The molecule has 0 aliphatic rings. The van der Waals surface area contributed by atoms with E-state index in [1.54, 1.807) is 30.3 Å². The topological polar surface area (TPSA) is 83.5 Å². The fourth-order valence-electron chi connectivity index (χ4n) is 2.12. The number of aromatic nitrogens is 1. The van der Waals surface area contributed by atoms with Crippen LogP contribution in [0.5, 0.6) is 0 Å². The fourth-order valence-corrected chi connectivity index (χ4v) is 4.19. The van der Waals surface area contributed by atoms with Gasteiger partial charge < -0.3 is 10.6 Å². The van der Waals surface area contributed by atoms with Gasteiger partial charge in [-0.3, -0.25) is 4.99 Å². The van der Waals surface area contributed by atoms with E-state index in [0.29, 0.717) is 18.9 Å². The number of thiazole rings is 1. The SMILES string of the molecule is CN=C(NCCCS(=O)(=O)c1ccccc1)NCc1nc(C(F)(F)F)cs1.